The molecular formula is C18H17N3. The van der Waals surface area contributed by atoms with Gasteiger partial charge in [0.05, 0.1) is 24.0 Å². The van der Waals surface area contributed by atoms with Crippen LogP contribution in [0.4, 0.5) is 5.69 Å². The van der Waals surface area contributed by atoms with Gasteiger partial charge in [-0.3, -0.25) is 5.01 Å². The molecule has 1 aliphatic rings. The smallest absolute Gasteiger partial charge is 0.0913 e. The van der Waals surface area contributed by atoms with Gasteiger partial charge in [-0.1, -0.05) is 48.5 Å². The molecule has 0 amide bonds. The second-order valence-electron chi connectivity index (χ2n) is 5.01. The number of nitrogens with zero attached hydrogens (tertiary/aromatic N) is 3. The van der Waals surface area contributed by atoms with Crippen LogP contribution in [0.15, 0.2) is 76.8 Å². The first-order valence-corrected chi connectivity index (χ1v) is 7.04. The summed E-state index contributed by atoms with van der Waals surface area (Å²) in [5.41, 5.74) is 3.12. The number of hydrogen-bond donors (Lipinski definition) is 0. The molecule has 1 saturated heterocycles. The summed E-state index contributed by atoms with van der Waals surface area (Å²) in [5, 5.41) is 6.62. The predicted molar refractivity (Wildman–Crippen MR) is 87.1 cm³/mol. The van der Waals surface area contributed by atoms with Gasteiger partial charge in [0.1, 0.15) is 0 Å². The van der Waals surface area contributed by atoms with Crippen molar-refractivity contribution < 1.29 is 0 Å². The maximum absolute atomic E-state index is 4.55. The summed E-state index contributed by atoms with van der Waals surface area (Å²) >= 11 is 0. The van der Waals surface area contributed by atoms with Gasteiger partial charge in [0.15, 0.2) is 0 Å². The average molecular weight is 275 g/mol. The largest absolute Gasteiger partial charge is 0.285 e. The van der Waals surface area contributed by atoms with E-state index in [2.05, 4.69) is 45.2 Å². The summed E-state index contributed by atoms with van der Waals surface area (Å²) in [5.74, 6) is 2.93. The fourth-order valence-electron chi connectivity index (χ4n) is 2.13. The van der Waals surface area contributed by atoms with E-state index in [0.717, 1.165) is 17.9 Å². The van der Waals surface area contributed by atoms with Crippen molar-refractivity contribution in [2.45, 2.75) is 13.0 Å². The van der Waals surface area contributed by atoms with E-state index in [-0.39, 0.29) is 0 Å². The van der Waals surface area contributed by atoms with Crippen molar-refractivity contribution in [2.75, 3.05) is 6.54 Å². The first-order valence-electron chi connectivity index (χ1n) is 7.04. The van der Waals surface area contributed by atoms with Crippen LogP contribution in [0.5, 0.6) is 0 Å². The molecule has 21 heavy (non-hydrogen) atoms. The number of allylic oxidation sites excluding steroid dienone is 1. The quantitative estimate of drug-likeness (QED) is 0.612. The summed E-state index contributed by atoms with van der Waals surface area (Å²) in [4.78, 5) is 4.25. The lowest BCUT2D eigenvalue weighted by Crippen LogP contribution is -1.94. The number of aliphatic imine (C=N–C) groups is 1. The van der Waals surface area contributed by atoms with E-state index in [9.17, 15) is 0 Å². The van der Waals surface area contributed by atoms with Crippen LogP contribution < -0.4 is 0 Å². The van der Waals surface area contributed by atoms with E-state index < -0.39 is 0 Å². The summed E-state index contributed by atoms with van der Waals surface area (Å²) < 4.78 is 0. The van der Waals surface area contributed by atoms with Gasteiger partial charge in [-0.25, -0.2) is 4.99 Å². The molecule has 0 radical (unpaired) electrons. The predicted octanol–water partition coefficient (Wildman–Crippen LogP) is 3.98. The van der Waals surface area contributed by atoms with Gasteiger partial charge in [-0.15, -0.1) is 0 Å². The summed E-state index contributed by atoms with van der Waals surface area (Å²) in [7, 11) is 0. The molecule has 0 saturated carbocycles. The standard InChI is InChI=1S/C18H17N3/c1-15(12-13-19-17-10-6-3-7-11-17)20-21-14-18(21)16-8-4-2-5-9-16/h2-12,18H,14H2,1H3/b20-15+. The van der Waals surface area contributed by atoms with Crippen molar-refractivity contribution in [3.8, 4) is 0 Å². The van der Waals surface area contributed by atoms with Crippen LogP contribution in [0.25, 0.3) is 0 Å². The van der Waals surface area contributed by atoms with E-state index >= 15 is 0 Å². The summed E-state index contributed by atoms with van der Waals surface area (Å²) in [6, 6.07) is 20.7. The van der Waals surface area contributed by atoms with Gasteiger partial charge in [-0.05, 0) is 30.5 Å². The molecule has 1 atom stereocenters. The monoisotopic (exact) mass is 275 g/mol. The number of para-hydroxylation sites is 1. The molecule has 3 heteroatoms. The fraction of sp³-hybridized carbons (Fsp3) is 0.167. The van der Waals surface area contributed by atoms with Crippen LogP contribution >= 0.6 is 0 Å². The van der Waals surface area contributed by atoms with Crippen LogP contribution in [0.2, 0.25) is 0 Å². The van der Waals surface area contributed by atoms with Crippen molar-refractivity contribution in [3.05, 3.63) is 72.3 Å². The number of hydrazone groups is 1. The van der Waals surface area contributed by atoms with Gasteiger partial charge >= 0.3 is 0 Å². The Morgan fingerprint density at radius 3 is 2.48 bits per heavy atom. The Hall–Kier alpha value is -2.64. The van der Waals surface area contributed by atoms with Crippen LogP contribution in [-0.2, 0) is 0 Å². The number of rotatable bonds is 4. The molecule has 3 rings (SSSR count). The zero-order chi connectivity index (χ0) is 14.5. The molecule has 0 N–H and O–H groups in total. The average Bonchev–Trinajstić information content (AvgIpc) is 3.28. The lowest BCUT2D eigenvalue weighted by atomic mass is 10.2. The van der Waals surface area contributed by atoms with Gasteiger partial charge in [0, 0.05) is 6.08 Å². The third-order valence-electron chi connectivity index (χ3n) is 3.28. The third-order valence-corrected chi connectivity index (χ3v) is 3.28. The minimum atomic E-state index is 0.417. The van der Waals surface area contributed by atoms with Gasteiger partial charge in [-0.2, -0.15) is 5.10 Å². The highest BCUT2D eigenvalue weighted by Gasteiger charge is 2.34. The third kappa shape index (κ3) is 3.68. The topological polar surface area (TPSA) is 27.7 Å². The van der Waals surface area contributed by atoms with E-state index in [1.807, 2.05) is 49.4 Å². The minimum absolute atomic E-state index is 0.417. The van der Waals surface area contributed by atoms with Crippen LogP contribution in [0.1, 0.15) is 18.5 Å². The molecule has 1 aliphatic heterocycles. The Labute approximate surface area is 125 Å². The molecule has 3 nitrogen and oxygen atoms in total. The van der Waals surface area contributed by atoms with E-state index in [1.165, 1.54) is 5.56 Å². The van der Waals surface area contributed by atoms with Crippen molar-refractivity contribution >= 4 is 17.3 Å². The van der Waals surface area contributed by atoms with Crippen LogP contribution in [-0.4, -0.2) is 23.1 Å². The Morgan fingerprint density at radius 1 is 1.10 bits per heavy atom. The molecule has 1 unspecified atom stereocenters. The molecule has 1 fully saturated rings. The second kappa shape index (κ2) is 6.21. The maximum atomic E-state index is 4.55. The Bertz CT molecular complexity index is 683. The highest BCUT2D eigenvalue weighted by molar-refractivity contribution is 5.99. The second-order valence-corrected chi connectivity index (χ2v) is 5.01. The molecule has 1 heterocycles. The summed E-state index contributed by atoms with van der Waals surface area (Å²) in [6.45, 7) is 2.94. The molecule has 2 aromatic rings. The molecular weight excluding hydrogens is 258 g/mol. The number of benzene rings is 2. The van der Waals surface area contributed by atoms with Crippen molar-refractivity contribution in [3.63, 3.8) is 0 Å². The van der Waals surface area contributed by atoms with Crippen molar-refractivity contribution in [2.24, 2.45) is 10.1 Å². The van der Waals surface area contributed by atoms with E-state index in [1.54, 1.807) is 0 Å². The lowest BCUT2D eigenvalue weighted by Gasteiger charge is -1.99. The molecule has 2 aromatic carbocycles. The molecule has 0 aliphatic carbocycles. The molecule has 0 bridgehead atoms. The zero-order valence-corrected chi connectivity index (χ0v) is 12.0. The van der Waals surface area contributed by atoms with Crippen molar-refractivity contribution in [1.82, 2.24) is 5.01 Å². The first kappa shape index (κ1) is 13.3. The summed E-state index contributed by atoms with van der Waals surface area (Å²) in [6.07, 6.45) is 1.81. The van der Waals surface area contributed by atoms with Crippen LogP contribution in [0, 0.1) is 0 Å². The highest BCUT2D eigenvalue weighted by Crippen LogP contribution is 2.34. The fourth-order valence-corrected chi connectivity index (χ4v) is 2.13. The SMILES string of the molecule is C/C(C=C=Nc1ccccc1)=N\N1CC1c1ccccc1. The van der Waals surface area contributed by atoms with Gasteiger partial charge < -0.3 is 0 Å². The maximum Gasteiger partial charge on any atom is 0.0913 e. The lowest BCUT2D eigenvalue weighted by molar-refractivity contribution is 0.553. The molecule has 0 aromatic heterocycles. The Balaban J connectivity index is 1.62. The van der Waals surface area contributed by atoms with E-state index in [4.69, 9.17) is 0 Å². The van der Waals surface area contributed by atoms with Crippen LogP contribution in [0.3, 0.4) is 0 Å². The molecule has 0 spiro atoms. The Kier molecular flexibility index (Phi) is 3.95. The van der Waals surface area contributed by atoms with Gasteiger partial charge in [0.2, 0.25) is 0 Å². The normalized spacial score (nSPS) is 17.1. The van der Waals surface area contributed by atoms with Crippen molar-refractivity contribution in [1.29, 1.82) is 0 Å². The number of hydrogen-bond acceptors (Lipinski definition) is 3. The highest BCUT2D eigenvalue weighted by atomic mass is 15.6. The molecule has 104 valence electrons. The van der Waals surface area contributed by atoms with Gasteiger partial charge in [0.25, 0.3) is 0 Å². The first-order chi connectivity index (χ1) is 10.3. The van der Waals surface area contributed by atoms with E-state index in [0.29, 0.717) is 6.04 Å². The Morgan fingerprint density at radius 2 is 1.76 bits per heavy atom. The minimum Gasteiger partial charge on any atom is -0.285 e. The zero-order valence-electron chi connectivity index (χ0n) is 12.0.